The van der Waals surface area contributed by atoms with E-state index in [-0.39, 0.29) is 0 Å². The quantitative estimate of drug-likeness (QED) is 0.203. The molecule has 0 aliphatic carbocycles. The average Bonchev–Trinajstić information content (AvgIpc) is 3.76. The molecule has 10 rings (SSSR count). The van der Waals surface area contributed by atoms with E-state index >= 15 is 0 Å². The van der Waals surface area contributed by atoms with Crippen LogP contribution in [0.5, 0.6) is 0 Å². The summed E-state index contributed by atoms with van der Waals surface area (Å²) >= 11 is 0. The van der Waals surface area contributed by atoms with Gasteiger partial charge in [-0.25, -0.2) is 15.0 Å². The van der Waals surface area contributed by atoms with E-state index in [0.29, 0.717) is 17.5 Å². The van der Waals surface area contributed by atoms with Gasteiger partial charge in [0.05, 0.1) is 0 Å². The molecule has 0 radical (unpaired) electrons. The molecule has 1 N–H and O–H groups in total. The summed E-state index contributed by atoms with van der Waals surface area (Å²) in [6, 6.07) is 56.4. The molecule has 5 heteroatoms. The molecule has 234 valence electrons. The van der Waals surface area contributed by atoms with Crippen LogP contribution in [0.1, 0.15) is 0 Å². The minimum absolute atomic E-state index is 0.621. The zero-order valence-electron chi connectivity index (χ0n) is 26.8. The lowest BCUT2D eigenvalue weighted by Gasteiger charge is -2.10. The number of rotatable bonds is 5. The predicted octanol–water partition coefficient (Wildman–Crippen LogP) is 11.7. The van der Waals surface area contributed by atoms with E-state index in [4.69, 9.17) is 19.4 Å². The van der Waals surface area contributed by atoms with Gasteiger partial charge in [0.2, 0.25) is 0 Å². The van der Waals surface area contributed by atoms with E-state index < -0.39 is 0 Å². The molecule has 0 saturated carbocycles. The molecule has 0 aliphatic rings. The Bertz CT molecular complexity index is 2850. The monoisotopic (exact) mass is 640 g/mol. The maximum atomic E-state index is 6.32. The number of nitrogens with zero attached hydrogens (tertiary/aromatic N) is 3. The highest BCUT2D eigenvalue weighted by Gasteiger charge is 2.15. The van der Waals surface area contributed by atoms with Crippen LogP contribution in [0.2, 0.25) is 0 Å². The van der Waals surface area contributed by atoms with Crippen molar-refractivity contribution in [2.24, 2.45) is 0 Å². The zero-order chi connectivity index (χ0) is 33.0. The highest BCUT2D eigenvalue weighted by atomic mass is 16.3. The number of benzene rings is 7. The van der Waals surface area contributed by atoms with Crippen LogP contribution in [0, 0.1) is 0 Å². The number of nitrogens with one attached hydrogen (secondary N) is 1. The van der Waals surface area contributed by atoms with Crippen LogP contribution in [0.15, 0.2) is 168 Å². The molecule has 0 aliphatic heterocycles. The Hall–Kier alpha value is -6.85. The summed E-state index contributed by atoms with van der Waals surface area (Å²) < 4.78 is 6.32. The Morgan fingerprint density at radius 3 is 1.64 bits per heavy atom. The second-order valence-corrected chi connectivity index (χ2v) is 12.5. The lowest BCUT2D eigenvalue weighted by atomic mass is 10.0. The van der Waals surface area contributed by atoms with Gasteiger partial charge in [-0.2, -0.15) is 0 Å². The van der Waals surface area contributed by atoms with E-state index in [0.717, 1.165) is 71.9 Å². The minimum Gasteiger partial charge on any atom is -0.455 e. The van der Waals surface area contributed by atoms with Gasteiger partial charge in [-0.15, -0.1) is 0 Å². The van der Waals surface area contributed by atoms with Crippen LogP contribution >= 0.6 is 0 Å². The molecule has 3 heterocycles. The summed E-state index contributed by atoms with van der Waals surface area (Å²) in [5.74, 6) is 1.88. The first-order chi connectivity index (χ1) is 24.7. The molecule has 0 amide bonds. The third kappa shape index (κ3) is 4.75. The van der Waals surface area contributed by atoms with E-state index in [9.17, 15) is 0 Å². The minimum atomic E-state index is 0.621. The summed E-state index contributed by atoms with van der Waals surface area (Å²) in [6.45, 7) is 0. The molecule has 0 saturated heterocycles. The van der Waals surface area contributed by atoms with Crippen molar-refractivity contribution in [3.05, 3.63) is 164 Å². The first-order valence-corrected chi connectivity index (χ1v) is 16.7. The van der Waals surface area contributed by atoms with E-state index in [1.165, 1.54) is 10.8 Å². The summed E-state index contributed by atoms with van der Waals surface area (Å²) in [5, 5.41) is 4.68. The Morgan fingerprint density at radius 2 is 0.900 bits per heavy atom. The summed E-state index contributed by atoms with van der Waals surface area (Å²) in [5.41, 5.74) is 11.3. The topological polar surface area (TPSA) is 67.6 Å². The summed E-state index contributed by atoms with van der Waals surface area (Å²) in [6.07, 6.45) is 0. The number of hydrogen-bond donors (Lipinski definition) is 1. The van der Waals surface area contributed by atoms with Gasteiger partial charge >= 0.3 is 0 Å². The van der Waals surface area contributed by atoms with Gasteiger partial charge < -0.3 is 9.40 Å². The zero-order valence-corrected chi connectivity index (χ0v) is 26.8. The first-order valence-electron chi connectivity index (χ1n) is 16.7. The van der Waals surface area contributed by atoms with Gasteiger partial charge in [-0.3, -0.25) is 0 Å². The van der Waals surface area contributed by atoms with Crippen LogP contribution in [0.3, 0.4) is 0 Å². The van der Waals surface area contributed by atoms with Gasteiger partial charge in [0.25, 0.3) is 0 Å². The molecule has 3 aromatic heterocycles. The van der Waals surface area contributed by atoms with Crippen molar-refractivity contribution in [2.75, 3.05) is 0 Å². The van der Waals surface area contributed by atoms with Crippen molar-refractivity contribution in [3.8, 4) is 56.4 Å². The van der Waals surface area contributed by atoms with E-state index in [1.807, 2.05) is 48.5 Å². The largest absolute Gasteiger partial charge is 0.455 e. The Labute approximate surface area is 287 Å². The van der Waals surface area contributed by atoms with Gasteiger partial charge in [-0.05, 0) is 41.0 Å². The van der Waals surface area contributed by atoms with Crippen LogP contribution in [-0.4, -0.2) is 19.9 Å². The van der Waals surface area contributed by atoms with Crippen molar-refractivity contribution < 1.29 is 4.42 Å². The molecule has 5 nitrogen and oxygen atoms in total. The standard InChI is InChI=1S/C45H28N4O/c1-2-9-30(10-3-1)43-47-44(31-21-17-28(18-22-31)33-25-26-40-38(27-33)35-11-4-6-15-39(35)46-40)49-45(48-43)32-23-19-29(20-24-32)34-13-8-14-37-36-12-5-7-16-41(36)50-42(34)37/h1-27,46H. The fraction of sp³-hybridized carbons (Fsp3) is 0. The third-order valence-corrected chi connectivity index (χ3v) is 9.51. The highest BCUT2D eigenvalue weighted by Crippen LogP contribution is 2.37. The molecular formula is C45H28N4O. The van der Waals surface area contributed by atoms with Crippen molar-refractivity contribution in [1.29, 1.82) is 0 Å². The molecule has 0 unspecified atom stereocenters. The third-order valence-electron chi connectivity index (χ3n) is 9.51. The smallest absolute Gasteiger partial charge is 0.164 e. The van der Waals surface area contributed by atoms with Gasteiger partial charge in [-0.1, -0.05) is 140 Å². The number of para-hydroxylation sites is 3. The number of H-pyrrole nitrogens is 1. The number of fused-ring (bicyclic) bond motifs is 6. The van der Waals surface area contributed by atoms with Crippen molar-refractivity contribution in [3.63, 3.8) is 0 Å². The van der Waals surface area contributed by atoms with Crippen LogP contribution < -0.4 is 0 Å². The van der Waals surface area contributed by atoms with Crippen molar-refractivity contribution in [2.45, 2.75) is 0 Å². The van der Waals surface area contributed by atoms with Crippen molar-refractivity contribution in [1.82, 2.24) is 19.9 Å². The molecule has 7 aromatic carbocycles. The molecule has 0 bridgehead atoms. The van der Waals surface area contributed by atoms with E-state index in [2.05, 4.69) is 120 Å². The van der Waals surface area contributed by atoms with Crippen LogP contribution in [0.4, 0.5) is 0 Å². The molecule has 0 atom stereocenters. The van der Waals surface area contributed by atoms with Crippen LogP contribution in [0.25, 0.3) is 100 Å². The van der Waals surface area contributed by atoms with Gasteiger partial charge in [0.15, 0.2) is 17.5 Å². The summed E-state index contributed by atoms with van der Waals surface area (Å²) in [4.78, 5) is 18.4. The molecule has 50 heavy (non-hydrogen) atoms. The molecule has 10 aromatic rings. The predicted molar refractivity (Wildman–Crippen MR) is 204 cm³/mol. The summed E-state index contributed by atoms with van der Waals surface area (Å²) in [7, 11) is 0. The average molecular weight is 641 g/mol. The number of furan rings is 1. The first kappa shape index (κ1) is 28.2. The fourth-order valence-electron chi connectivity index (χ4n) is 6.96. The number of hydrogen-bond acceptors (Lipinski definition) is 4. The maximum Gasteiger partial charge on any atom is 0.164 e. The normalized spacial score (nSPS) is 11.6. The number of aromatic amines is 1. The fourth-order valence-corrected chi connectivity index (χ4v) is 6.96. The highest BCUT2D eigenvalue weighted by molar-refractivity contribution is 6.10. The Kier molecular flexibility index (Phi) is 6.42. The molecule has 0 spiro atoms. The molecular weight excluding hydrogens is 613 g/mol. The second kappa shape index (κ2) is 11.4. The molecule has 0 fully saturated rings. The lowest BCUT2D eigenvalue weighted by molar-refractivity contribution is 0.670. The van der Waals surface area contributed by atoms with Gasteiger partial charge in [0, 0.05) is 54.8 Å². The lowest BCUT2D eigenvalue weighted by Crippen LogP contribution is -2.00. The Balaban J connectivity index is 1.03. The second-order valence-electron chi connectivity index (χ2n) is 12.5. The Morgan fingerprint density at radius 1 is 0.360 bits per heavy atom. The maximum absolute atomic E-state index is 6.32. The van der Waals surface area contributed by atoms with Crippen molar-refractivity contribution >= 4 is 43.7 Å². The van der Waals surface area contributed by atoms with Crippen LogP contribution in [-0.2, 0) is 0 Å². The number of aromatic nitrogens is 4. The van der Waals surface area contributed by atoms with E-state index in [1.54, 1.807) is 0 Å². The SMILES string of the molecule is c1ccc(-c2nc(-c3ccc(-c4ccc5[nH]c6ccccc6c5c4)cc3)nc(-c3ccc(-c4cccc5c4oc4ccccc45)cc3)n2)cc1. The van der Waals surface area contributed by atoms with Gasteiger partial charge in [0.1, 0.15) is 11.2 Å².